The molecule has 0 aliphatic carbocycles. The minimum absolute atomic E-state index is 0.0147. The van der Waals surface area contributed by atoms with Gasteiger partial charge in [0.25, 0.3) is 0 Å². The van der Waals surface area contributed by atoms with Gasteiger partial charge in [-0.25, -0.2) is 4.39 Å². The lowest BCUT2D eigenvalue weighted by Crippen LogP contribution is -2.60. The van der Waals surface area contributed by atoms with Gasteiger partial charge < -0.3 is 10.4 Å². The maximum absolute atomic E-state index is 13.1. The largest absolute Gasteiger partial charge is 0.416 e. The highest BCUT2D eigenvalue weighted by Crippen LogP contribution is 2.31. The molecule has 0 aromatic heterocycles. The van der Waals surface area contributed by atoms with Crippen molar-refractivity contribution in [2.45, 2.75) is 18.2 Å². The number of hydrogen-bond donors (Lipinski definition) is 2. The van der Waals surface area contributed by atoms with Gasteiger partial charge in [-0.15, -0.1) is 0 Å². The first-order chi connectivity index (χ1) is 7.78. The van der Waals surface area contributed by atoms with Gasteiger partial charge in [-0.1, -0.05) is 0 Å². The summed E-state index contributed by atoms with van der Waals surface area (Å²) in [5.74, 6) is -0.939. The van der Waals surface area contributed by atoms with E-state index in [0.717, 1.165) is 12.1 Å². The molecule has 6 heteroatoms. The molecule has 0 spiro atoms. The van der Waals surface area contributed by atoms with Gasteiger partial charge >= 0.3 is 6.18 Å². The lowest BCUT2D eigenvalue weighted by Gasteiger charge is -2.37. The summed E-state index contributed by atoms with van der Waals surface area (Å²) >= 11 is 0. The third kappa shape index (κ3) is 2.76. The molecule has 0 radical (unpaired) electrons. The third-order valence-electron chi connectivity index (χ3n) is 2.73. The predicted octanol–water partition coefficient (Wildman–Crippen LogP) is 1.72. The van der Waals surface area contributed by atoms with Crippen molar-refractivity contribution in [3.8, 4) is 0 Å². The van der Waals surface area contributed by atoms with Crippen LogP contribution in [0.3, 0.4) is 0 Å². The second kappa shape index (κ2) is 3.96. The lowest BCUT2D eigenvalue weighted by atomic mass is 9.88. The Morgan fingerprint density at radius 1 is 1.24 bits per heavy atom. The van der Waals surface area contributed by atoms with Crippen LogP contribution >= 0.6 is 0 Å². The standard InChI is InChI=1S/C11H11F4NO/c12-9-2-7(4-10(17)5-16-6-10)1-8(3-9)11(13,14)15/h1-3,16-17H,4-6H2. The van der Waals surface area contributed by atoms with E-state index >= 15 is 0 Å². The summed E-state index contributed by atoms with van der Waals surface area (Å²) in [5.41, 5.74) is -1.93. The van der Waals surface area contributed by atoms with Gasteiger partial charge in [0.15, 0.2) is 0 Å². The number of rotatable bonds is 2. The monoisotopic (exact) mass is 249 g/mol. The van der Waals surface area contributed by atoms with Crippen molar-refractivity contribution >= 4 is 0 Å². The van der Waals surface area contributed by atoms with Gasteiger partial charge in [0.05, 0.1) is 11.2 Å². The number of alkyl halides is 3. The molecule has 1 aliphatic heterocycles. The van der Waals surface area contributed by atoms with Crippen molar-refractivity contribution < 1.29 is 22.7 Å². The zero-order chi connectivity index (χ0) is 12.7. The molecule has 0 saturated carbocycles. The fourth-order valence-electron chi connectivity index (χ4n) is 1.83. The van der Waals surface area contributed by atoms with E-state index in [1.807, 2.05) is 0 Å². The van der Waals surface area contributed by atoms with Gasteiger partial charge in [-0.2, -0.15) is 13.2 Å². The maximum atomic E-state index is 13.1. The zero-order valence-electron chi connectivity index (χ0n) is 8.81. The van der Waals surface area contributed by atoms with E-state index in [0.29, 0.717) is 19.2 Å². The minimum Gasteiger partial charge on any atom is -0.387 e. The molecule has 0 unspecified atom stereocenters. The Hall–Kier alpha value is -1.14. The average Bonchev–Trinajstić information content (AvgIpc) is 2.13. The SMILES string of the molecule is OC1(Cc2cc(F)cc(C(F)(F)F)c2)CNC1. The Bertz CT molecular complexity index is 426. The molecule has 2 N–H and O–H groups in total. The molecule has 17 heavy (non-hydrogen) atoms. The van der Waals surface area contributed by atoms with Crippen molar-refractivity contribution in [2.75, 3.05) is 13.1 Å². The van der Waals surface area contributed by atoms with Crippen molar-refractivity contribution in [2.24, 2.45) is 0 Å². The first-order valence-electron chi connectivity index (χ1n) is 5.08. The summed E-state index contributed by atoms with van der Waals surface area (Å²) in [6.45, 7) is 0.621. The average molecular weight is 249 g/mol. The Morgan fingerprint density at radius 3 is 2.35 bits per heavy atom. The van der Waals surface area contributed by atoms with Crippen LogP contribution in [0.25, 0.3) is 0 Å². The van der Waals surface area contributed by atoms with Gasteiger partial charge in [-0.3, -0.25) is 0 Å². The van der Waals surface area contributed by atoms with Crippen LogP contribution in [0.2, 0.25) is 0 Å². The Kier molecular flexibility index (Phi) is 2.87. The molecule has 2 nitrogen and oxygen atoms in total. The molecule has 1 fully saturated rings. The summed E-state index contributed by atoms with van der Waals surface area (Å²) in [6, 6.07) is 2.34. The Morgan fingerprint density at radius 2 is 1.88 bits per heavy atom. The van der Waals surface area contributed by atoms with Gasteiger partial charge in [0.1, 0.15) is 5.82 Å². The zero-order valence-corrected chi connectivity index (χ0v) is 8.81. The number of benzene rings is 1. The first-order valence-corrected chi connectivity index (χ1v) is 5.08. The molecule has 0 bridgehead atoms. The second-order valence-electron chi connectivity index (χ2n) is 4.35. The third-order valence-corrected chi connectivity index (χ3v) is 2.73. The van der Waals surface area contributed by atoms with Gasteiger partial charge in [0.2, 0.25) is 0 Å². The molecule has 2 rings (SSSR count). The van der Waals surface area contributed by atoms with Crippen molar-refractivity contribution in [3.05, 3.63) is 35.1 Å². The lowest BCUT2D eigenvalue weighted by molar-refractivity contribution is -0.137. The number of halogens is 4. The number of hydrogen-bond acceptors (Lipinski definition) is 2. The van der Waals surface area contributed by atoms with Crippen LogP contribution in [0, 0.1) is 5.82 Å². The smallest absolute Gasteiger partial charge is 0.387 e. The minimum atomic E-state index is -4.57. The van der Waals surface area contributed by atoms with Crippen molar-refractivity contribution in [1.29, 1.82) is 0 Å². The number of nitrogens with one attached hydrogen (secondary N) is 1. The highest BCUT2D eigenvalue weighted by Gasteiger charge is 2.36. The maximum Gasteiger partial charge on any atom is 0.416 e. The van der Waals surface area contributed by atoms with Crippen LogP contribution in [0.15, 0.2) is 18.2 Å². The van der Waals surface area contributed by atoms with Gasteiger partial charge in [-0.05, 0) is 23.8 Å². The Balaban J connectivity index is 2.25. The van der Waals surface area contributed by atoms with E-state index in [-0.39, 0.29) is 12.0 Å². The second-order valence-corrected chi connectivity index (χ2v) is 4.35. The molecule has 0 atom stereocenters. The predicted molar refractivity (Wildman–Crippen MR) is 52.9 cm³/mol. The molecule has 1 heterocycles. The summed E-state index contributed by atoms with van der Waals surface area (Å²) in [5, 5.41) is 12.6. The van der Waals surface area contributed by atoms with E-state index in [1.54, 1.807) is 0 Å². The van der Waals surface area contributed by atoms with Crippen molar-refractivity contribution in [1.82, 2.24) is 5.32 Å². The van der Waals surface area contributed by atoms with E-state index in [1.165, 1.54) is 0 Å². The normalized spacial score (nSPS) is 18.9. The van der Waals surface area contributed by atoms with E-state index in [9.17, 15) is 22.7 Å². The van der Waals surface area contributed by atoms with Crippen LogP contribution in [-0.2, 0) is 12.6 Å². The van der Waals surface area contributed by atoms with Crippen LogP contribution < -0.4 is 5.32 Å². The van der Waals surface area contributed by atoms with E-state index in [4.69, 9.17) is 0 Å². The number of β-amino-alcohol motifs (C(OH)–C–C–N with tert-alkyl or cyclic N) is 1. The fraction of sp³-hybridized carbons (Fsp3) is 0.455. The molecule has 94 valence electrons. The summed E-state index contributed by atoms with van der Waals surface area (Å²) in [7, 11) is 0. The molecular formula is C11H11F4NO. The Labute approximate surface area is 95.3 Å². The molecule has 1 aromatic rings. The summed E-state index contributed by atoms with van der Waals surface area (Å²) < 4.78 is 50.4. The van der Waals surface area contributed by atoms with Crippen LogP contribution in [0.4, 0.5) is 17.6 Å². The van der Waals surface area contributed by atoms with Crippen LogP contribution in [0.1, 0.15) is 11.1 Å². The highest BCUT2D eigenvalue weighted by atomic mass is 19.4. The molecule has 1 saturated heterocycles. The van der Waals surface area contributed by atoms with Crippen LogP contribution in [0.5, 0.6) is 0 Å². The summed E-state index contributed by atoms with van der Waals surface area (Å²) in [6.07, 6.45) is -4.56. The molecule has 1 aliphatic rings. The van der Waals surface area contributed by atoms with E-state index in [2.05, 4.69) is 5.32 Å². The molecular weight excluding hydrogens is 238 g/mol. The molecule has 0 amide bonds. The number of aliphatic hydroxyl groups is 1. The topological polar surface area (TPSA) is 32.3 Å². The fourth-order valence-corrected chi connectivity index (χ4v) is 1.83. The molecule has 1 aromatic carbocycles. The highest BCUT2D eigenvalue weighted by molar-refractivity contribution is 5.28. The quantitative estimate of drug-likeness (QED) is 0.782. The van der Waals surface area contributed by atoms with E-state index < -0.39 is 23.2 Å². The summed E-state index contributed by atoms with van der Waals surface area (Å²) in [4.78, 5) is 0. The van der Waals surface area contributed by atoms with Crippen LogP contribution in [-0.4, -0.2) is 23.8 Å². The first kappa shape index (κ1) is 12.3. The van der Waals surface area contributed by atoms with Gasteiger partial charge in [0, 0.05) is 19.5 Å². The van der Waals surface area contributed by atoms with Crippen molar-refractivity contribution in [3.63, 3.8) is 0 Å².